The van der Waals surface area contributed by atoms with Crippen LogP contribution in [0.2, 0.25) is 0 Å². The topological polar surface area (TPSA) is 377 Å². The lowest BCUT2D eigenvalue weighted by atomic mass is 10.00. The molecule has 6 atom stereocenters. The quantitative estimate of drug-likeness (QED) is 0.0436. The molecule has 0 aromatic heterocycles. The lowest BCUT2D eigenvalue weighted by Gasteiger charge is -2.27. The fourth-order valence-corrected chi connectivity index (χ4v) is 6.01. The molecule has 8 amide bonds. The van der Waals surface area contributed by atoms with Crippen molar-refractivity contribution in [3.8, 4) is 11.5 Å². The van der Waals surface area contributed by atoms with E-state index in [1.165, 1.54) is 38.3 Å². The number of aliphatic carboxylic acids is 2. The van der Waals surface area contributed by atoms with Crippen molar-refractivity contribution >= 4 is 59.2 Å². The van der Waals surface area contributed by atoms with Crippen molar-refractivity contribution < 1.29 is 68.0 Å². The number of phenols is 1. The second-order valence-electron chi connectivity index (χ2n) is 15.3. The number of hydrogen-bond donors (Lipinski definition) is 12. The summed E-state index contributed by atoms with van der Waals surface area (Å²) in [5, 5.41) is 45.0. The molecule has 0 heterocycles. The average molecular weight is 914 g/mol. The molecular formula is C42H59N9O14. The average Bonchev–Trinajstić information content (AvgIpc) is 3.25. The van der Waals surface area contributed by atoms with E-state index in [1.54, 1.807) is 38.1 Å². The Labute approximate surface area is 374 Å². The molecule has 0 saturated carbocycles. The Bertz CT molecular complexity index is 2000. The third-order valence-electron chi connectivity index (χ3n) is 9.62. The Balaban J connectivity index is 2.18. The van der Waals surface area contributed by atoms with Crippen molar-refractivity contribution in [1.82, 2.24) is 37.2 Å². The van der Waals surface area contributed by atoms with Gasteiger partial charge in [0.05, 0.1) is 13.7 Å². The Morgan fingerprint density at radius 1 is 0.615 bits per heavy atom. The molecule has 0 aliphatic rings. The Morgan fingerprint density at radius 3 is 1.63 bits per heavy atom. The van der Waals surface area contributed by atoms with Gasteiger partial charge in [-0.25, -0.2) is 0 Å². The monoisotopic (exact) mass is 913 g/mol. The maximum Gasteiger partial charge on any atom is 0.303 e. The fraction of sp³-hybridized carbons (Fsp3) is 0.476. The third kappa shape index (κ3) is 19.7. The largest absolute Gasteiger partial charge is 0.508 e. The number of amides is 8. The van der Waals surface area contributed by atoms with E-state index in [2.05, 4.69) is 37.2 Å². The molecule has 0 aliphatic heterocycles. The van der Waals surface area contributed by atoms with Gasteiger partial charge >= 0.3 is 11.9 Å². The molecular weight excluding hydrogens is 855 g/mol. The minimum Gasteiger partial charge on any atom is -0.508 e. The van der Waals surface area contributed by atoms with E-state index in [-0.39, 0.29) is 42.9 Å². The number of phenolic OH excluding ortho intramolecular Hbond substituents is 1. The number of hydrogen-bond acceptors (Lipinski definition) is 13. The number of carboxylic acids is 2. The number of methoxy groups -OCH3 is 1. The van der Waals surface area contributed by atoms with E-state index in [0.29, 0.717) is 11.3 Å². The number of ether oxygens (including phenoxy) is 1. The van der Waals surface area contributed by atoms with E-state index in [9.17, 15) is 58.2 Å². The molecule has 0 fully saturated rings. The number of carboxylic acid groups (broad SMARTS) is 2. The molecule has 23 heteroatoms. The summed E-state index contributed by atoms with van der Waals surface area (Å²) in [6.07, 6.45) is -1.78. The molecule has 0 bridgehead atoms. The van der Waals surface area contributed by atoms with Crippen LogP contribution in [0.5, 0.6) is 11.5 Å². The molecule has 0 saturated heterocycles. The van der Waals surface area contributed by atoms with E-state index in [0.717, 1.165) is 0 Å². The number of rotatable bonds is 28. The van der Waals surface area contributed by atoms with Crippen molar-refractivity contribution in [3.05, 3.63) is 59.7 Å². The van der Waals surface area contributed by atoms with Crippen molar-refractivity contribution in [3.63, 3.8) is 0 Å². The first-order valence-electron chi connectivity index (χ1n) is 20.6. The first kappa shape index (κ1) is 53.8. The lowest BCUT2D eigenvalue weighted by Crippen LogP contribution is -2.60. The smallest absolute Gasteiger partial charge is 0.303 e. The summed E-state index contributed by atoms with van der Waals surface area (Å²) >= 11 is 0. The zero-order chi connectivity index (χ0) is 48.8. The zero-order valence-corrected chi connectivity index (χ0v) is 36.5. The van der Waals surface area contributed by atoms with E-state index < -0.39 is 128 Å². The van der Waals surface area contributed by atoms with E-state index in [1.807, 2.05) is 0 Å². The van der Waals surface area contributed by atoms with Gasteiger partial charge in [-0.15, -0.1) is 0 Å². The van der Waals surface area contributed by atoms with Gasteiger partial charge in [0.25, 0.3) is 5.91 Å². The Morgan fingerprint density at radius 2 is 1.11 bits per heavy atom. The van der Waals surface area contributed by atoms with E-state index in [4.69, 9.17) is 21.3 Å². The van der Waals surface area contributed by atoms with Gasteiger partial charge < -0.3 is 68.7 Å². The maximum absolute atomic E-state index is 13.8. The predicted octanol–water partition coefficient (Wildman–Crippen LogP) is -2.09. The first-order valence-corrected chi connectivity index (χ1v) is 20.6. The number of benzene rings is 2. The van der Waals surface area contributed by atoms with Crippen molar-refractivity contribution in [2.24, 2.45) is 17.4 Å². The second kappa shape index (κ2) is 27.0. The molecule has 65 heavy (non-hydrogen) atoms. The van der Waals surface area contributed by atoms with Gasteiger partial charge in [0.1, 0.15) is 47.8 Å². The Kier molecular flexibility index (Phi) is 22.4. The summed E-state index contributed by atoms with van der Waals surface area (Å²) in [5.41, 5.74) is 12.1. The number of nitrogens with one attached hydrogen (secondary N) is 7. The van der Waals surface area contributed by atoms with Gasteiger partial charge in [-0.2, -0.15) is 0 Å². The number of carbonyl (C=O) groups is 10. The summed E-state index contributed by atoms with van der Waals surface area (Å²) in [7, 11) is 1.46. The summed E-state index contributed by atoms with van der Waals surface area (Å²) in [6, 6.07) is 3.78. The van der Waals surface area contributed by atoms with Crippen LogP contribution >= 0.6 is 0 Å². The third-order valence-corrected chi connectivity index (χ3v) is 9.62. The van der Waals surface area contributed by atoms with Crippen LogP contribution in [0.15, 0.2) is 48.5 Å². The van der Waals surface area contributed by atoms with Gasteiger partial charge in [-0.1, -0.05) is 26.0 Å². The van der Waals surface area contributed by atoms with Gasteiger partial charge in [-0.3, -0.25) is 47.9 Å². The highest BCUT2D eigenvalue weighted by atomic mass is 16.5. The number of carbonyl (C=O) groups excluding carboxylic acids is 8. The van der Waals surface area contributed by atoms with Crippen LogP contribution in [0.4, 0.5) is 0 Å². The molecule has 356 valence electrons. The lowest BCUT2D eigenvalue weighted by molar-refractivity contribution is -0.139. The number of aryl methyl sites for hydroxylation is 1. The zero-order valence-electron chi connectivity index (χ0n) is 36.5. The van der Waals surface area contributed by atoms with E-state index >= 15 is 0 Å². The predicted molar refractivity (Wildman–Crippen MR) is 230 cm³/mol. The van der Waals surface area contributed by atoms with Gasteiger partial charge in [0.2, 0.25) is 41.4 Å². The van der Waals surface area contributed by atoms with Gasteiger partial charge in [0, 0.05) is 24.9 Å². The van der Waals surface area contributed by atoms with Crippen LogP contribution < -0.4 is 53.4 Å². The number of nitrogens with two attached hydrogens (primary N) is 2. The summed E-state index contributed by atoms with van der Waals surface area (Å²) in [4.78, 5) is 127. The molecule has 0 unspecified atom stereocenters. The molecule has 0 spiro atoms. The molecule has 2 aromatic carbocycles. The molecule has 14 N–H and O–H groups in total. The fourth-order valence-electron chi connectivity index (χ4n) is 6.01. The summed E-state index contributed by atoms with van der Waals surface area (Å²) in [5.74, 6) is -9.31. The number of aromatic hydroxyl groups is 1. The highest BCUT2D eigenvalue weighted by Crippen LogP contribution is 2.14. The van der Waals surface area contributed by atoms with Gasteiger partial charge in [-0.05, 0) is 86.9 Å². The molecule has 0 aliphatic carbocycles. The maximum atomic E-state index is 13.8. The minimum atomic E-state index is -1.55. The van der Waals surface area contributed by atoms with Crippen molar-refractivity contribution in [2.75, 3.05) is 20.2 Å². The Hall–Kier alpha value is -7.30. The molecule has 2 rings (SSSR count). The molecule has 2 aromatic rings. The standard InChI is InChI=1S/C42H59N9O14/c1-22(2)19-31(41(63)49-30(14-7-24-5-10-26(52)11-6-24)40(62)48-28(36(44)58)15-17-34(54)55)50-42(64)32(20-43)51-39(61)29(16-18-35(56)57)47-33(53)21-45-37(59)23(3)46-38(60)25-8-12-27(65-4)13-9-25/h5-6,8-13,22-23,28-32,52H,7,14-21,43H2,1-4H3,(H2,44,58)(H,45,59)(H,46,60)(H,47,53)(H,48,62)(H,49,63)(H,50,64)(H,51,61)(H,54,55)(H,56,57)/t23-,28-,29-,30-,31-,32-/m0/s1. The first-order chi connectivity index (χ1) is 30.6. The van der Waals surface area contributed by atoms with Crippen LogP contribution in [0.25, 0.3) is 0 Å². The van der Waals surface area contributed by atoms with Crippen LogP contribution in [0.1, 0.15) is 75.2 Å². The van der Waals surface area contributed by atoms with Crippen LogP contribution in [-0.2, 0) is 49.6 Å². The molecule has 23 nitrogen and oxygen atoms in total. The van der Waals surface area contributed by atoms with Crippen molar-refractivity contribution in [2.45, 2.75) is 102 Å². The van der Waals surface area contributed by atoms with Crippen LogP contribution in [0, 0.1) is 5.92 Å². The number of primary amides is 1. The normalized spacial score (nSPS) is 13.6. The van der Waals surface area contributed by atoms with Crippen LogP contribution in [-0.4, -0.2) is 131 Å². The minimum absolute atomic E-state index is 0.00439. The van der Waals surface area contributed by atoms with Gasteiger partial charge in [0.15, 0.2) is 0 Å². The highest BCUT2D eigenvalue weighted by molar-refractivity contribution is 5.99. The highest BCUT2D eigenvalue weighted by Gasteiger charge is 2.33. The summed E-state index contributed by atoms with van der Waals surface area (Å²) < 4.78 is 5.06. The van der Waals surface area contributed by atoms with Crippen molar-refractivity contribution in [1.29, 1.82) is 0 Å². The second-order valence-corrected chi connectivity index (χ2v) is 15.3. The van der Waals surface area contributed by atoms with Crippen LogP contribution in [0.3, 0.4) is 0 Å². The SMILES string of the molecule is COc1ccc(C(=O)N[C@@H](C)C(=O)NCC(=O)N[C@@H](CCC(=O)O)C(=O)N[C@@H](CN)C(=O)N[C@@H](CC(C)C)C(=O)N[C@@H](CCc2ccc(O)cc2)C(=O)N[C@@H](CCC(=O)O)C(N)=O)cc1. The molecule has 0 radical (unpaired) electrons. The summed E-state index contributed by atoms with van der Waals surface area (Å²) in [6.45, 7) is 3.62.